The fourth-order valence-electron chi connectivity index (χ4n) is 4.04. The first-order valence-corrected chi connectivity index (χ1v) is 13.3. The predicted octanol–water partition coefficient (Wildman–Crippen LogP) is 1.69. The normalized spacial score (nSPS) is 20.4. The Bertz CT molecular complexity index is 977. The van der Waals surface area contributed by atoms with E-state index in [1.807, 2.05) is 13.8 Å². The number of aliphatic hydroxyl groups excluding tert-OH is 2. The number of hydrogen-bond acceptors (Lipinski definition) is 8. The molecular formula is C25H42ClN3O8. The molecule has 0 aromatic carbocycles. The Morgan fingerprint density at radius 1 is 1.16 bits per heavy atom. The van der Waals surface area contributed by atoms with Crippen LogP contribution in [-0.4, -0.2) is 81.3 Å². The lowest BCUT2D eigenvalue weighted by atomic mass is 10.00. The second kappa shape index (κ2) is 14.4. The number of aromatic nitrogens is 2. The van der Waals surface area contributed by atoms with Crippen LogP contribution in [0.4, 0.5) is 0 Å². The van der Waals surface area contributed by atoms with Crippen LogP contribution in [0.3, 0.4) is 0 Å². The summed E-state index contributed by atoms with van der Waals surface area (Å²) in [4.78, 5) is 39.1. The molecule has 11 nitrogen and oxygen atoms in total. The molecule has 1 aromatic heterocycles. The number of ether oxygens (including phenoxy) is 3. The van der Waals surface area contributed by atoms with Gasteiger partial charge in [0.1, 0.15) is 17.9 Å². The van der Waals surface area contributed by atoms with E-state index in [9.17, 15) is 24.6 Å². The number of carbonyl (C=O) groups is 1. The maximum atomic E-state index is 12.6. The number of amides is 1. The van der Waals surface area contributed by atoms with Gasteiger partial charge in [-0.15, -0.1) is 11.6 Å². The van der Waals surface area contributed by atoms with Crippen LogP contribution in [0.15, 0.2) is 15.8 Å². The SMILES string of the molecule is CC(C)(CCCCCCl)OCCC(C)(C)OCCNC(=O)c1cn([C@H]2CC(O)[C@@H](CO)O2)c(=O)[nH]c1=O. The van der Waals surface area contributed by atoms with Crippen LogP contribution in [-0.2, 0) is 14.2 Å². The molecule has 4 N–H and O–H groups in total. The Morgan fingerprint density at radius 3 is 2.49 bits per heavy atom. The number of halogens is 1. The van der Waals surface area contributed by atoms with Crippen molar-refractivity contribution in [1.82, 2.24) is 14.9 Å². The van der Waals surface area contributed by atoms with Crippen LogP contribution in [0.5, 0.6) is 0 Å². The van der Waals surface area contributed by atoms with E-state index in [0.717, 1.165) is 36.4 Å². The van der Waals surface area contributed by atoms with E-state index in [0.29, 0.717) is 18.9 Å². The molecule has 0 saturated carbocycles. The second-order valence-corrected chi connectivity index (χ2v) is 10.9. The largest absolute Gasteiger partial charge is 0.394 e. The summed E-state index contributed by atoms with van der Waals surface area (Å²) in [6.45, 7) is 8.53. The van der Waals surface area contributed by atoms with Gasteiger partial charge in [0.15, 0.2) is 0 Å². The summed E-state index contributed by atoms with van der Waals surface area (Å²) >= 11 is 5.73. The van der Waals surface area contributed by atoms with Crippen LogP contribution in [0.1, 0.15) is 82.8 Å². The minimum absolute atomic E-state index is 0.0378. The molecule has 1 unspecified atom stereocenters. The van der Waals surface area contributed by atoms with Gasteiger partial charge in [0.25, 0.3) is 11.5 Å². The maximum Gasteiger partial charge on any atom is 0.330 e. The molecule has 12 heteroatoms. The van der Waals surface area contributed by atoms with E-state index in [4.69, 9.17) is 25.8 Å². The third-order valence-corrected chi connectivity index (χ3v) is 6.66. The molecular weight excluding hydrogens is 506 g/mol. The molecule has 1 saturated heterocycles. The third kappa shape index (κ3) is 10.1. The first kappa shape index (κ1) is 31.5. The number of unbranched alkanes of at least 4 members (excludes halogenated alkanes) is 2. The molecule has 0 aliphatic carbocycles. The second-order valence-electron chi connectivity index (χ2n) is 10.5. The van der Waals surface area contributed by atoms with Gasteiger partial charge in [-0.2, -0.15) is 0 Å². The Hall–Kier alpha value is -1.76. The molecule has 1 aromatic rings. The van der Waals surface area contributed by atoms with E-state index in [1.54, 1.807) is 0 Å². The molecule has 1 amide bonds. The van der Waals surface area contributed by atoms with E-state index in [-0.39, 0.29) is 30.7 Å². The van der Waals surface area contributed by atoms with Gasteiger partial charge in [-0.05, 0) is 47.0 Å². The number of nitrogens with one attached hydrogen (secondary N) is 2. The molecule has 212 valence electrons. The summed E-state index contributed by atoms with van der Waals surface area (Å²) in [5.41, 5.74) is -2.58. The molecule has 37 heavy (non-hydrogen) atoms. The predicted molar refractivity (Wildman–Crippen MR) is 139 cm³/mol. The van der Waals surface area contributed by atoms with E-state index < -0.39 is 47.8 Å². The van der Waals surface area contributed by atoms with Gasteiger partial charge in [0.05, 0.1) is 37.1 Å². The molecule has 2 rings (SSSR count). The highest BCUT2D eigenvalue weighted by molar-refractivity contribution is 6.17. The van der Waals surface area contributed by atoms with Crippen molar-refractivity contribution in [3.05, 3.63) is 32.6 Å². The number of aliphatic hydroxyl groups is 2. The van der Waals surface area contributed by atoms with Crippen molar-refractivity contribution in [3.63, 3.8) is 0 Å². The first-order chi connectivity index (χ1) is 17.4. The zero-order valence-corrected chi connectivity index (χ0v) is 23.0. The van der Waals surface area contributed by atoms with Crippen molar-refractivity contribution in [3.8, 4) is 0 Å². The number of alkyl halides is 1. The van der Waals surface area contributed by atoms with Crippen LogP contribution in [0.2, 0.25) is 0 Å². The summed E-state index contributed by atoms with van der Waals surface area (Å²) < 4.78 is 18.5. The van der Waals surface area contributed by atoms with Gasteiger partial charge in [0, 0.05) is 25.0 Å². The average Bonchev–Trinajstić information content (AvgIpc) is 3.19. The summed E-state index contributed by atoms with van der Waals surface area (Å²) in [6.07, 6.45) is 3.20. The summed E-state index contributed by atoms with van der Waals surface area (Å²) in [7, 11) is 0. The number of carbonyl (C=O) groups excluding carboxylic acids is 1. The molecule has 1 aliphatic rings. The molecule has 0 radical (unpaired) electrons. The summed E-state index contributed by atoms with van der Waals surface area (Å²) in [5, 5.41) is 21.8. The standard InChI is InChI=1S/C25H42ClN3O8/c1-24(2,8-6-5-7-10-26)35-12-9-25(3,4)36-13-11-27-21(32)17-15-29(23(34)28-22(17)33)20-14-18(31)19(16-30)37-20/h15,18-20,30-31H,5-14,16H2,1-4H3,(H,27,32)(H,28,33,34)/t18?,19-,20-/m1/s1. The zero-order valence-electron chi connectivity index (χ0n) is 22.3. The average molecular weight is 548 g/mol. The monoisotopic (exact) mass is 547 g/mol. The first-order valence-electron chi connectivity index (χ1n) is 12.8. The Morgan fingerprint density at radius 2 is 1.84 bits per heavy atom. The Balaban J connectivity index is 1.81. The Labute approximate surface area is 222 Å². The third-order valence-electron chi connectivity index (χ3n) is 6.40. The molecule has 0 bridgehead atoms. The highest BCUT2D eigenvalue weighted by Crippen LogP contribution is 2.27. The zero-order chi connectivity index (χ0) is 27.6. The molecule has 1 fully saturated rings. The van der Waals surface area contributed by atoms with Crippen molar-refractivity contribution < 1.29 is 29.2 Å². The van der Waals surface area contributed by atoms with Gasteiger partial charge in [-0.3, -0.25) is 19.1 Å². The van der Waals surface area contributed by atoms with Gasteiger partial charge in [0.2, 0.25) is 0 Å². The lowest BCUT2D eigenvalue weighted by Crippen LogP contribution is -2.39. The number of hydrogen-bond donors (Lipinski definition) is 4. The number of aromatic amines is 1. The van der Waals surface area contributed by atoms with Gasteiger partial charge in [-0.1, -0.05) is 12.8 Å². The summed E-state index contributed by atoms with van der Waals surface area (Å²) in [5.74, 6) is 0.00973. The van der Waals surface area contributed by atoms with E-state index >= 15 is 0 Å². The van der Waals surface area contributed by atoms with E-state index in [1.165, 1.54) is 0 Å². The minimum Gasteiger partial charge on any atom is -0.394 e. The molecule has 1 aliphatic heterocycles. The van der Waals surface area contributed by atoms with Crippen LogP contribution in [0.25, 0.3) is 0 Å². The molecule has 2 heterocycles. The molecule has 3 atom stereocenters. The van der Waals surface area contributed by atoms with Crippen molar-refractivity contribution in [2.75, 3.05) is 32.2 Å². The smallest absolute Gasteiger partial charge is 0.330 e. The quantitative estimate of drug-likeness (QED) is 0.180. The fourth-order valence-corrected chi connectivity index (χ4v) is 4.23. The van der Waals surface area contributed by atoms with Crippen LogP contribution in [0, 0.1) is 0 Å². The van der Waals surface area contributed by atoms with Gasteiger partial charge in [-0.25, -0.2) is 4.79 Å². The number of rotatable bonds is 16. The highest BCUT2D eigenvalue weighted by atomic mass is 35.5. The van der Waals surface area contributed by atoms with Gasteiger partial charge >= 0.3 is 5.69 Å². The lowest BCUT2D eigenvalue weighted by Gasteiger charge is -2.30. The van der Waals surface area contributed by atoms with Crippen molar-refractivity contribution in [1.29, 1.82) is 0 Å². The molecule has 0 spiro atoms. The van der Waals surface area contributed by atoms with Crippen molar-refractivity contribution in [2.24, 2.45) is 0 Å². The minimum atomic E-state index is -0.968. The number of nitrogens with zero attached hydrogens (tertiary/aromatic N) is 1. The lowest BCUT2D eigenvalue weighted by molar-refractivity contribution is -0.0738. The van der Waals surface area contributed by atoms with E-state index in [2.05, 4.69) is 24.1 Å². The van der Waals surface area contributed by atoms with Crippen LogP contribution >= 0.6 is 11.6 Å². The maximum absolute atomic E-state index is 12.6. The Kier molecular flexibility index (Phi) is 12.3. The number of H-pyrrole nitrogens is 1. The van der Waals surface area contributed by atoms with Crippen molar-refractivity contribution >= 4 is 17.5 Å². The fraction of sp³-hybridized carbons (Fsp3) is 0.800. The van der Waals surface area contributed by atoms with Crippen LogP contribution < -0.4 is 16.6 Å². The summed E-state index contributed by atoms with van der Waals surface area (Å²) in [6, 6.07) is 0. The van der Waals surface area contributed by atoms with Gasteiger partial charge < -0.3 is 29.7 Å². The highest BCUT2D eigenvalue weighted by Gasteiger charge is 2.35. The van der Waals surface area contributed by atoms with Crippen molar-refractivity contribution in [2.45, 2.75) is 95.9 Å². The topological polar surface area (TPSA) is 152 Å².